The molecule has 0 aliphatic carbocycles. The van der Waals surface area contributed by atoms with Crippen LogP contribution in [0.4, 0.5) is 0 Å². The van der Waals surface area contributed by atoms with Crippen LogP contribution < -0.4 is 0 Å². The standard InChI is InChI=1S/C9H10BrClO/c10-6-9(12)5-7-2-1-3-8(11)4-7/h1-4,9,12H,5-6H2/t9-/m0/s1. The number of aliphatic hydroxyl groups is 1. The number of alkyl halides is 1. The minimum atomic E-state index is -0.330. The van der Waals surface area contributed by atoms with Crippen molar-refractivity contribution in [2.45, 2.75) is 12.5 Å². The lowest BCUT2D eigenvalue weighted by Crippen LogP contribution is -2.11. The zero-order chi connectivity index (χ0) is 8.97. The molecule has 3 heteroatoms. The first-order valence-corrected chi connectivity index (χ1v) is 5.21. The molecule has 0 spiro atoms. The van der Waals surface area contributed by atoms with Gasteiger partial charge in [-0.05, 0) is 24.1 Å². The van der Waals surface area contributed by atoms with Gasteiger partial charge in [-0.15, -0.1) is 0 Å². The van der Waals surface area contributed by atoms with Crippen molar-refractivity contribution in [2.24, 2.45) is 0 Å². The van der Waals surface area contributed by atoms with E-state index in [9.17, 15) is 5.11 Å². The molecule has 1 rings (SSSR count). The van der Waals surface area contributed by atoms with E-state index in [1.165, 1.54) is 0 Å². The van der Waals surface area contributed by atoms with E-state index in [-0.39, 0.29) is 6.10 Å². The van der Waals surface area contributed by atoms with Gasteiger partial charge in [-0.1, -0.05) is 39.7 Å². The molecule has 12 heavy (non-hydrogen) atoms. The van der Waals surface area contributed by atoms with Crippen LogP contribution in [-0.4, -0.2) is 16.5 Å². The molecule has 0 fully saturated rings. The minimum absolute atomic E-state index is 0.330. The molecule has 0 saturated heterocycles. The largest absolute Gasteiger partial charge is 0.392 e. The Bertz CT molecular complexity index is 252. The average Bonchev–Trinajstić information content (AvgIpc) is 2.04. The van der Waals surface area contributed by atoms with Crippen LogP contribution >= 0.6 is 27.5 Å². The van der Waals surface area contributed by atoms with Crippen LogP contribution in [0.2, 0.25) is 5.02 Å². The van der Waals surface area contributed by atoms with Gasteiger partial charge in [0.2, 0.25) is 0 Å². The third-order valence-corrected chi connectivity index (χ3v) is 2.52. The maximum absolute atomic E-state index is 9.31. The summed E-state index contributed by atoms with van der Waals surface area (Å²) in [7, 11) is 0. The second-order valence-electron chi connectivity index (χ2n) is 2.64. The molecular formula is C9H10BrClO. The molecule has 0 aliphatic heterocycles. The summed E-state index contributed by atoms with van der Waals surface area (Å²) in [5.74, 6) is 0. The highest BCUT2D eigenvalue weighted by atomic mass is 79.9. The first-order valence-electron chi connectivity index (χ1n) is 3.71. The SMILES string of the molecule is O[C@H](CBr)Cc1cccc(Cl)c1. The van der Waals surface area contributed by atoms with Crippen LogP contribution in [0.15, 0.2) is 24.3 Å². The molecule has 0 heterocycles. The van der Waals surface area contributed by atoms with Crippen molar-refractivity contribution >= 4 is 27.5 Å². The number of rotatable bonds is 3. The van der Waals surface area contributed by atoms with Gasteiger partial charge >= 0.3 is 0 Å². The molecule has 0 saturated carbocycles. The summed E-state index contributed by atoms with van der Waals surface area (Å²) in [5, 5.41) is 10.6. The maximum atomic E-state index is 9.31. The van der Waals surface area contributed by atoms with Crippen molar-refractivity contribution in [3.63, 3.8) is 0 Å². The fraction of sp³-hybridized carbons (Fsp3) is 0.333. The van der Waals surface area contributed by atoms with E-state index < -0.39 is 0 Å². The zero-order valence-corrected chi connectivity index (χ0v) is 8.85. The molecule has 1 nitrogen and oxygen atoms in total. The first-order chi connectivity index (χ1) is 5.72. The summed E-state index contributed by atoms with van der Waals surface area (Å²) >= 11 is 8.99. The Morgan fingerprint density at radius 3 is 2.83 bits per heavy atom. The summed E-state index contributed by atoms with van der Waals surface area (Å²) in [6, 6.07) is 7.54. The predicted octanol–water partition coefficient (Wildman–Crippen LogP) is 2.64. The average molecular weight is 250 g/mol. The Hall–Kier alpha value is -0.0500. The summed E-state index contributed by atoms with van der Waals surface area (Å²) in [6.07, 6.45) is 0.315. The van der Waals surface area contributed by atoms with Gasteiger partial charge < -0.3 is 5.11 Å². The number of halogens is 2. The lowest BCUT2D eigenvalue weighted by atomic mass is 10.1. The third-order valence-electron chi connectivity index (χ3n) is 1.54. The van der Waals surface area contributed by atoms with Gasteiger partial charge in [0, 0.05) is 10.4 Å². The Labute approximate surface area is 85.5 Å². The van der Waals surface area contributed by atoms with E-state index >= 15 is 0 Å². The summed E-state index contributed by atoms with van der Waals surface area (Å²) < 4.78 is 0. The number of aliphatic hydroxyl groups excluding tert-OH is 1. The highest BCUT2D eigenvalue weighted by Crippen LogP contribution is 2.12. The normalized spacial score (nSPS) is 12.9. The molecule has 0 amide bonds. The van der Waals surface area contributed by atoms with Gasteiger partial charge in [-0.2, -0.15) is 0 Å². The molecule has 1 N–H and O–H groups in total. The van der Waals surface area contributed by atoms with Crippen molar-refractivity contribution in [2.75, 3.05) is 5.33 Å². The van der Waals surface area contributed by atoms with Crippen molar-refractivity contribution in [1.82, 2.24) is 0 Å². The quantitative estimate of drug-likeness (QED) is 0.817. The van der Waals surface area contributed by atoms with Crippen LogP contribution in [0.1, 0.15) is 5.56 Å². The van der Waals surface area contributed by atoms with Crippen LogP contribution in [0, 0.1) is 0 Å². The molecule has 0 bridgehead atoms. The molecule has 0 aromatic heterocycles. The van der Waals surface area contributed by atoms with Gasteiger partial charge in [0.1, 0.15) is 0 Å². The zero-order valence-electron chi connectivity index (χ0n) is 6.50. The second-order valence-corrected chi connectivity index (χ2v) is 3.73. The molecule has 0 radical (unpaired) electrons. The Kier molecular flexibility index (Phi) is 4.06. The maximum Gasteiger partial charge on any atom is 0.0677 e. The number of hydrogen-bond acceptors (Lipinski definition) is 1. The topological polar surface area (TPSA) is 20.2 Å². The van der Waals surface area contributed by atoms with Crippen LogP contribution in [0.3, 0.4) is 0 Å². The first kappa shape index (κ1) is 10.0. The van der Waals surface area contributed by atoms with Gasteiger partial charge in [0.15, 0.2) is 0 Å². The Morgan fingerprint density at radius 2 is 2.25 bits per heavy atom. The van der Waals surface area contributed by atoms with E-state index in [0.717, 1.165) is 5.56 Å². The fourth-order valence-corrected chi connectivity index (χ4v) is 1.43. The van der Waals surface area contributed by atoms with E-state index in [1.54, 1.807) is 0 Å². The Balaban J connectivity index is 2.63. The molecule has 1 aromatic rings. The third kappa shape index (κ3) is 3.13. The molecule has 1 aromatic carbocycles. The molecule has 1 atom stereocenters. The smallest absolute Gasteiger partial charge is 0.0677 e. The van der Waals surface area contributed by atoms with Gasteiger partial charge in [-0.25, -0.2) is 0 Å². The van der Waals surface area contributed by atoms with Crippen LogP contribution in [-0.2, 0) is 6.42 Å². The van der Waals surface area contributed by atoms with Crippen molar-refractivity contribution in [3.05, 3.63) is 34.9 Å². The van der Waals surface area contributed by atoms with Crippen molar-refractivity contribution in [1.29, 1.82) is 0 Å². The highest BCUT2D eigenvalue weighted by molar-refractivity contribution is 9.09. The number of hydrogen-bond donors (Lipinski definition) is 1. The van der Waals surface area contributed by atoms with E-state index in [1.807, 2.05) is 24.3 Å². The van der Waals surface area contributed by atoms with Crippen LogP contribution in [0.5, 0.6) is 0 Å². The predicted molar refractivity (Wildman–Crippen MR) is 55.0 cm³/mol. The summed E-state index contributed by atoms with van der Waals surface area (Å²) in [4.78, 5) is 0. The summed E-state index contributed by atoms with van der Waals surface area (Å²) in [6.45, 7) is 0. The molecule has 0 aliphatic rings. The lowest BCUT2D eigenvalue weighted by molar-refractivity contribution is 0.201. The van der Waals surface area contributed by atoms with Crippen LogP contribution in [0.25, 0.3) is 0 Å². The Morgan fingerprint density at radius 1 is 1.50 bits per heavy atom. The number of benzene rings is 1. The monoisotopic (exact) mass is 248 g/mol. The highest BCUT2D eigenvalue weighted by Gasteiger charge is 2.02. The van der Waals surface area contributed by atoms with Crippen molar-refractivity contribution in [3.8, 4) is 0 Å². The van der Waals surface area contributed by atoms with E-state index in [2.05, 4.69) is 15.9 Å². The molecular weight excluding hydrogens is 239 g/mol. The van der Waals surface area contributed by atoms with Gasteiger partial charge in [0.05, 0.1) is 6.10 Å². The van der Waals surface area contributed by atoms with Gasteiger partial charge in [0.25, 0.3) is 0 Å². The van der Waals surface area contributed by atoms with E-state index in [4.69, 9.17) is 11.6 Å². The second kappa shape index (κ2) is 4.85. The lowest BCUT2D eigenvalue weighted by Gasteiger charge is -2.06. The minimum Gasteiger partial charge on any atom is -0.392 e. The summed E-state index contributed by atoms with van der Waals surface area (Å²) in [5.41, 5.74) is 1.06. The molecule has 0 unspecified atom stereocenters. The van der Waals surface area contributed by atoms with Gasteiger partial charge in [-0.3, -0.25) is 0 Å². The molecule has 66 valence electrons. The van der Waals surface area contributed by atoms with Crippen molar-refractivity contribution < 1.29 is 5.11 Å². The van der Waals surface area contributed by atoms with E-state index in [0.29, 0.717) is 16.8 Å². The fourth-order valence-electron chi connectivity index (χ4n) is 0.991.